The van der Waals surface area contributed by atoms with Crippen molar-refractivity contribution in [3.05, 3.63) is 46.2 Å². The first kappa shape index (κ1) is 19.8. The Labute approximate surface area is 166 Å². The lowest BCUT2D eigenvalue weighted by Crippen LogP contribution is -2.42. The van der Waals surface area contributed by atoms with E-state index in [0.717, 1.165) is 44.3 Å². The summed E-state index contributed by atoms with van der Waals surface area (Å²) in [4.78, 5) is 15.9. The van der Waals surface area contributed by atoms with Gasteiger partial charge in [-0.15, -0.1) is 11.3 Å². The third-order valence-electron chi connectivity index (χ3n) is 4.94. The molecule has 0 atom stereocenters. The van der Waals surface area contributed by atoms with Crippen LogP contribution in [0.4, 0.5) is 0 Å². The molecule has 7 heteroatoms. The number of nitrogens with one attached hydrogen (secondary N) is 2. The molecule has 0 aliphatic carbocycles. The summed E-state index contributed by atoms with van der Waals surface area (Å²) in [5, 5.41) is 10.3. The van der Waals surface area contributed by atoms with E-state index in [4.69, 9.17) is 4.98 Å². The normalized spacial score (nSPS) is 16.4. The van der Waals surface area contributed by atoms with Gasteiger partial charge in [0, 0.05) is 31.7 Å². The van der Waals surface area contributed by atoms with Gasteiger partial charge in [0.2, 0.25) is 0 Å². The minimum atomic E-state index is 0.687. The van der Waals surface area contributed by atoms with E-state index in [1.54, 1.807) is 11.3 Å². The second-order valence-electron chi connectivity index (χ2n) is 6.93. The zero-order valence-corrected chi connectivity index (χ0v) is 17.1. The van der Waals surface area contributed by atoms with Crippen LogP contribution in [0.1, 0.15) is 36.2 Å². The zero-order valence-electron chi connectivity index (χ0n) is 16.3. The number of thiazole rings is 1. The lowest BCUT2D eigenvalue weighted by atomic mass is 9.97. The van der Waals surface area contributed by atoms with Crippen molar-refractivity contribution in [2.45, 2.75) is 39.3 Å². The fourth-order valence-corrected chi connectivity index (χ4v) is 4.04. The van der Waals surface area contributed by atoms with Gasteiger partial charge in [0.1, 0.15) is 0 Å². The smallest absolute Gasteiger partial charge is 0.191 e. The predicted molar refractivity (Wildman–Crippen MR) is 112 cm³/mol. The zero-order chi connectivity index (χ0) is 18.9. The molecule has 0 amide bonds. The number of pyridine rings is 1. The predicted octanol–water partition coefficient (Wildman–Crippen LogP) is 2.68. The largest absolute Gasteiger partial charge is 0.356 e. The maximum absolute atomic E-state index is 4.69. The van der Waals surface area contributed by atoms with Gasteiger partial charge in [-0.2, -0.15) is 0 Å². The molecule has 6 nitrogen and oxygen atoms in total. The average molecular weight is 387 g/mol. The fraction of sp³-hybridized carbons (Fsp3) is 0.550. The van der Waals surface area contributed by atoms with Crippen LogP contribution >= 0.6 is 11.3 Å². The molecular weight excluding hydrogens is 356 g/mol. The molecule has 27 heavy (non-hydrogen) atoms. The topological polar surface area (TPSA) is 65.4 Å². The molecule has 0 aromatic carbocycles. The van der Waals surface area contributed by atoms with Gasteiger partial charge >= 0.3 is 0 Å². The number of aliphatic imine (C=N–C) groups is 1. The molecule has 2 N–H and O–H groups in total. The van der Waals surface area contributed by atoms with Gasteiger partial charge < -0.3 is 10.6 Å². The summed E-state index contributed by atoms with van der Waals surface area (Å²) in [5.74, 6) is 1.54. The number of rotatable bonds is 7. The van der Waals surface area contributed by atoms with Crippen LogP contribution in [0.5, 0.6) is 0 Å². The molecule has 1 aliphatic rings. The summed E-state index contributed by atoms with van der Waals surface area (Å²) in [6, 6.07) is 5.95. The molecule has 1 fully saturated rings. The molecule has 2 aromatic rings. The summed E-state index contributed by atoms with van der Waals surface area (Å²) < 4.78 is 0. The Balaban J connectivity index is 1.35. The molecule has 3 rings (SSSR count). The number of hydrogen-bond acceptors (Lipinski definition) is 5. The Bertz CT molecular complexity index is 706. The highest BCUT2D eigenvalue weighted by Crippen LogP contribution is 2.19. The maximum atomic E-state index is 4.69. The maximum Gasteiger partial charge on any atom is 0.191 e. The van der Waals surface area contributed by atoms with Gasteiger partial charge in [-0.05, 0) is 50.4 Å². The number of aromatic nitrogens is 2. The van der Waals surface area contributed by atoms with Crippen molar-refractivity contribution in [3.8, 4) is 0 Å². The lowest BCUT2D eigenvalue weighted by Gasteiger charge is -2.31. The summed E-state index contributed by atoms with van der Waals surface area (Å²) in [6.07, 6.45) is 5.29. The fourth-order valence-electron chi connectivity index (χ4n) is 3.30. The number of nitrogens with zero attached hydrogens (tertiary/aromatic N) is 4. The number of piperidine rings is 1. The van der Waals surface area contributed by atoms with Crippen molar-refractivity contribution in [2.24, 2.45) is 10.9 Å². The lowest BCUT2D eigenvalue weighted by molar-refractivity contribution is 0.176. The molecule has 2 aromatic heterocycles. The summed E-state index contributed by atoms with van der Waals surface area (Å²) in [7, 11) is 1.81. The first-order chi connectivity index (χ1) is 13.3. The van der Waals surface area contributed by atoms with Gasteiger partial charge in [-0.3, -0.25) is 14.9 Å². The van der Waals surface area contributed by atoms with Crippen LogP contribution in [0.15, 0.2) is 34.8 Å². The molecule has 1 aliphatic heterocycles. The molecule has 0 radical (unpaired) electrons. The van der Waals surface area contributed by atoms with Crippen molar-refractivity contribution in [1.82, 2.24) is 25.5 Å². The van der Waals surface area contributed by atoms with E-state index in [-0.39, 0.29) is 0 Å². The number of likely N-dealkylation sites (tertiary alicyclic amines) is 1. The Morgan fingerprint density at radius 3 is 2.78 bits per heavy atom. The van der Waals surface area contributed by atoms with Crippen LogP contribution in [-0.2, 0) is 19.5 Å². The van der Waals surface area contributed by atoms with Gasteiger partial charge in [-0.1, -0.05) is 13.0 Å². The van der Waals surface area contributed by atoms with E-state index in [2.05, 4.69) is 37.8 Å². The highest BCUT2D eigenvalue weighted by atomic mass is 32.1. The molecule has 1 saturated heterocycles. The van der Waals surface area contributed by atoms with E-state index in [0.29, 0.717) is 12.5 Å². The van der Waals surface area contributed by atoms with Crippen LogP contribution in [0.25, 0.3) is 0 Å². The van der Waals surface area contributed by atoms with Crippen LogP contribution in [0, 0.1) is 5.92 Å². The minimum Gasteiger partial charge on any atom is -0.356 e. The van der Waals surface area contributed by atoms with E-state index >= 15 is 0 Å². The molecule has 146 valence electrons. The molecular formula is C20H30N6S. The van der Waals surface area contributed by atoms with E-state index in [9.17, 15) is 0 Å². The molecule has 0 saturated carbocycles. The standard InChI is InChI=1S/C20H30N6S/c1-3-19-25-18(15-27-19)14-26-10-7-16(8-11-26)12-23-20(21-2)24-13-17-6-4-5-9-22-17/h4-6,9,15-16H,3,7-8,10-14H2,1-2H3,(H2,21,23,24). The van der Waals surface area contributed by atoms with Crippen LogP contribution < -0.4 is 10.6 Å². The SMILES string of the molecule is CCc1nc(CN2CCC(CNC(=NC)NCc3ccccn3)CC2)cs1. The highest BCUT2D eigenvalue weighted by Gasteiger charge is 2.20. The Morgan fingerprint density at radius 2 is 2.11 bits per heavy atom. The van der Waals surface area contributed by atoms with Crippen LogP contribution in [0.3, 0.4) is 0 Å². The van der Waals surface area contributed by atoms with E-state index < -0.39 is 0 Å². The number of hydrogen-bond donors (Lipinski definition) is 2. The third-order valence-corrected chi connectivity index (χ3v) is 5.98. The van der Waals surface area contributed by atoms with Crippen molar-refractivity contribution in [3.63, 3.8) is 0 Å². The Morgan fingerprint density at radius 1 is 1.26 bits per heavy atom. The van der Waals surface area contributed by atoms with E-state index in [1.165, 1.54) is 23.5 Å². The second-order valence-corrected chi connectivity index (χ2v) is 7.88. The van der Waals surface area contributed by atoms with Crippen molar-refractivity contribution < 1.29 is 0 Å². The molecule has 0 unspecified atom stereocenters. The summed E-state index contributed by atoms with van der Waals surface area (Å²) in [5.41, 5.74) is 2.24. The van der Waals surface area contributed by atoms with Crippen LogP contribution in [-0.4, -0.2) is 47.5 Å². The Hall–Kier alpha value is -1.99. The highest BCUT2D eigenvalue weighted by molar-refractivity contribution is 7.09. The molecule has 3 heterocycles. The van der Waals surface area contributed by atoms with Gasteiger partial charge in [0.05, 0.1) is 22.9 Å². The summed E-state index contributed by atoms with van der Waals surface area (Å²) >= 11 is 1.78. The number of aryl methyl sites for hydroxylation is 1. The minimum absolute atomic E-state index is 0.687. The van der Waals surface area contributed by atoms with Crippen LogP contribution in [0.2, 0.25) is 0 Å². The summed E-state index contributed by atoms with van der Waals surface area (Å²) in [6.45, 7) is 7.10. The van der Waals surface area contributed by atoms with Crippen molar-refractivity contribution in [2.75, 3.05) is 26.7 Å². The van der Waals surface area contributed by atoms with Crippen molar-refractivity contribution in [1.29, 1.82) is 0 Å². The van der Waals surface area contributed by atoms with Gasteiger partial charge in [0.15, 0.2) is 5.96 Å². The molecule has 0 spiro atoms. The molecule has 0 bridgehead atoms. The number of guanidine groups is 1. The van der Waals surface area contributed by atoms with Crippen molar-refractivity contribution >= 4 is 17.3 Å². The third kappa shape index (κ3) is 6.29. The second kappa shape index (κ2) is 10.4. The average Bonchev–Trinajstić information content (AvgIpc) is 3.17. The monoisotopic (exact) mass is 386 g/mol. The quantitative estimate of drug-likeness (QED) is 0.566. The van der Waals surface area contributed by atoms with Gasteiger partial charge in [0.25, 0.3) is 0 Å². The van der Waals surface area contributed by atoms with E-state index in [1.807, 2.05) is 31.4 Å². The first-order valence-corrected chi connectivity index (χ1v) is 10.6. The van der Waals surface area contributed by atoms with Gasteiger partial charge in [-0.25, -0.2) is 4.98 Å². The Kier molecular flexibility index (Phi) is 7.59. The first-order valence-electron chi connectivity index (χ1n) is 9.77.